The Morgan fingerprint density at radius 3 is 2.10 bits per heavy atom. The third kappa shape index (κ3) is 5.90. The Balaban J connectivity index is 1.88. The van der Waals surface area contributed by atoms with Gasteiger partial charge in [-0.05, 0) is 25.7 Å². The molecule has 7 nitrogen and oxygen atoms in total. The number of rotatable bonds is 5. The second-order valence-electron chi connectivity index (χ2n) is 8.25. The Morgan fingerprint density at radius 1 is 0.900 bits per heavy atom. The van der Waals surface area contributed by atoms with Crippen LogP contribution in [-0.2, 0) is 9.59 Å². The first-order valence-electron chi connectivity index (χ1n) is 11.1. The molecule has 0 heterocycles. The fraction of sp³-hybridized carbons (Fsp3) is 0.565. The Kier molecular flexibility index (Phi) is 7.99. The lowest BCUT2D eigenvalue weighted by atomic mass is 9.93. The van der Waals surface area contributed by atoms with E-state index in [-0.39, 0.29) is 29.7 Å². The van der Waals surface area contributed by atoms with Crippen LogP contribution in [0.2, 0.25) is 0 Å². The van der Waals surface area contributed by atoms with Crippen LogP contribution in [0, 0.1) is 0 Å². The third-order valence-corrected chi connectivity index (χ3v) is 5.89. The SMILES string of the molecule is CC(=O)N/N=C(/C(=O)N(C(=O)NC1CCCCC1)C1CCCCC1)c1ccccc1. The maximum absolute atomic E-state index is 13.6. The van der Waals surface area contributed by atoms with Crippen molar-refractivity contribution in [3.05, 3.63) is 35.9 Å². The molecule has 162 valence electrons. The average molecular weight is 413 g/mol. The van der Waals surface area contributed by atoms with E-state index in [1.807, 2.05) is 6.07 Å². The summed E-state index contributed by atoms with van der Waals surface area (Å²) in [6.07, 6.45) is 9.99. The van der Waals surface area contributed by atoms with Gasteiger partial charge >= 0.3 is 6.03 Å². The number of urea groups is 1. The molecule has 2 N–H and O–H groups in total. The van der Waals surface area contributed by atoms with Crippen LogP contribution in [-0.4, -0.2) is 40.5 Å². The number of imide groups is 1. The highest BCUT2D eigenvalue weighted by molar-refractivity contribution is 6.47. The van der Waals surface area contributed by atoms with E-state index >= 15 is 0 Å². The molecule has 2 fully saturated rings. The Morgan fingerprint density at radius 2 is 1.50 bits per heavy atom. The van der Waals surface area contributed by atoms with Gasteiger partial charge in [0.25, 0.3) is 5.91 Å². The maximum atomic E-state index is 13.6. The number of carbonyl (C=O) groups excluding carboxylic acids is 3. The number of benzene rings is 1. The molecule has 30 heavy (non-hydrogen) atoms. The molecule has 0 unspecified atom stereocenters. The summed E-state index contributed by atoms with van der Waals surface area (Å²) in [5, 5.41) is 7.18. The average Bonchev–Trinajstić information content (AvgIpc) is 2.76. The van der Waals surface area contributed by atoms with Gasteiger partial charge in [0.15, 0.2) is 5.71 Å². The molecular weight excluding hydrogens is 380 g/mol. The molecule has 0 saturated heterocycles. The molecule has 3 rings (SSSR count). The molecule has 0 aliphatic heterocycles. The van der Waals surface area contributed by atoms with Crippen molar-refractivity contribution in [3.8, 4) is 0 Å². The molecule has 0 atom stereocenters. The first-order chi connectivity index (χ1) is 14.6. The zero-order valence-corrected chi connectivity index (χ0v) is 17.7. The number of carbonyl (C=O) groups is 3. The lowest BCUT2D eigenvalue weighted by molar-refractivity contribution is -0.123. The van der Waals surface area contributed by atoms with Gasteiger partial charge in [-0.1, -0.05) is 68.9 Å². The standard InChI is InChI=1S/C23H32N4O3/c1-17(28)25-26-21(18-11-5-2-6-12-18)22(29)27(20-15-9-4-10-16-20)23(30)24-19-13-7-3-8-14-19/h2,5-6,11-12,19-20H,3-4,7-10,13-16H2,1H3,(H,24,30)(H,25,28)/b26-21+. The van der Waals surface area contributed by atoms with E-state index in [1.54, 1.807) is 24.3 Å². The van der Waals surface area contributed by atoms with Gasteiger partial charge in [0.2, 0.25) is 5.91 Å². The summed E-state index contributed by atoms with van der Waals surface area (Å²) in [5.41, 5.74) is 3.02. The number of hydrogen-bond acceptors (Lipinski definition) is 4. The summed E-state index contributed by atoms with van der Waals surface area (Å²) in [4.78, 5) is 39.7. The zero-order valence-electron chi connectivity index (χ0n) is 17.7. The first kappa shape index (κ1) is 22.0. The minimum atomic E-state index is -0.463. The van der Waals surface area contributed by atoms with Crippen molar-refractivity contribution in [1.82, 2.24) is 15.6 Å². The van der Waals surface area contributed by atoms with Crippen molar-refractivity contribution < 1.29 is 14.4 Å². The smallest absolute Gasteiger partial charge is 0.324 e. The van der Waals surface area contributed by atoms with Gasteiger partial charge in [0.05, 0.1) is 0 Å². The molecular formula is C23H32N4O3. The van der Waals surface area contributed by atoms with Crippen LogP contribution in [0.4, 0.5) is 4.79 Å². The summed E-state index contributed by atoms with van der Waals surface area (Å²) in [6.45, 7) is 1.34. The number of amides is 4. The number of hydrogen-bond donors (Lipinski definition) is 2. The molecule has 2 aliphatic carbocycles. The monoisotopic (exact) mass is 412 g/mol. The van der Waals surface area contributed by atoms with Gasteiger partial charge in [-0.2, -0.15) is 5.10 Å². The van der Waals surface area contributed by atoms with Crippen LogP contribution >= 0.6 is 0 Å². The second kappa shape index (κ2) is 10.9. The van der Waals surface area contributed by atoms with Crippen molar-refractivity contribution in [1.29, 1.82) is 0 Å². The van der Waals surface area contributed by atoms with Crippen LogP contribution in [0.3, 0.4) is 0 Å². The van der Waals surface area contributed by atoms with Gasteiger partial charge in [-0.15, -0.1) is 0 Å². The molecule has 4 amide bonds. The highest BCUT2D eigenvalue weighted by Gasteiger charge is 2.35. The molecule has 7 heteroatoms. The molecule has 0 aromatic heterocycles. The summed E-state index contributed by atoms with van der Waals surface area (Å²) in [5.74, 6) is -0.831. The summed E-state index contributed by atoms with van der Waals surface area (Å²) >= 11 is 0. The predicted molar refractivity (Wildman–Crippen MR) is 116 cm³/mol. The maximum Gasteiger partial charge on any atom is 0.324 e. The lowest BCUT2D eigenvalue weighted by Crippen LogP contribution is -2.55. The van der Waals surface area contributed by atoms with Gasteiger partial charge in [0.1, 0.15) is 0 Å². The van der Waals surface area contributed by atoms with Crippen molar-refractivity contribution in [3.63, 3.8) is 0 Å². The van der Waals surface area contributed by atoms with E-state index in [9.17, 15) is 14.4 Å². The molecule has 1 aromatic carbocycles. The molecule has 0 spiro atoms. The number of nitrogens with one attached hydrogen (secondary N) is 2. The summed E-state index contributed by atoms with van der Waals surface area (Å²) in [7, 11) is 0. The van der Waals surface area contributed by atoms with Gasteiger partial charge < -0.3 is 5.32 Å². The summed E-state index contributed by atoms with van der Waals surface area (Å²) < 4.78 is 0. The van der Waals surface area contributed by atoms with Gasteiger partial charge in [-0.25, -0.2) is 10.2 Å². The first-order valence-corrected chi connectivity index (χ1v) is 11.1. The fourth-order valence-electron chi connectivity index (χ4n) is 4.33. The fourth-order valence-corrected chi connectivity index (χ4v) is 4.33. The molecule has 0 bridgehead atoms. The quantitative estimate of drug-likeness (QED) is 0.570. The predicted octanol–water partition coefficient (Wildman–Crippen LogP) is 3.73. The Labute approximate surface area is 178 Å². The van der Waals surface area contributed by atoms with E-state index in [1.165, 1.54) is 18.2 Å². The van der Waals surface area contributed by atoms with E-state index in [4.69, 9.17) is 0 Å². The molecule has 1 aromatic rings. The van der Waals surface area contributed by atoms with Crippen molar-refractivity contribution in [2.75, 3.05) is 0 Å². The van der Waals surface area contributed by atoms with E-state index in [2.05, 4.69) is 15.8 Å². The third-order valence-electron chi connectivity index (χ3n) is 5.89. The van der Waals surface area contributed by atoms with E-state index in [0.29, 0.717) is 5.56 Å². The number of hydrazone groups is 1. The Bertz CT molecular complexity index is 766. The highest BCUT2D eigenvalue weighted by atomic mass is 16.2. The van der Waals surface area contributed by atoms with Crippen molar-refractivity contribution >= 4 is 23.6 Å². The molecule has 2 saturated carbocycles. The number of nitrogens with zero attached hydrogens (tertiary/aromatic N) is 2. The molecule has 0 radical (unpaired) electrons. The van der Waals surface area contributed by atoms with Crippen LogP contribution in [0.5, 0.6) is 0 Å². The second-order valence-corrected chi connectivity index (χ2v) is 8.25. The van der Waals surface area contributed by atoms with Crippen molar-refractivity contribution in [2.24, 2.45) is 5.10 Å². The van der Waals surface area contributed by atoms with E-state index in [0.717, 1.165) is 57.8 Å². The van der Waals surface area contributed by atoms with Crippen molar-refractivity contribution in [2.45, 2.75) is 83.2 Å². The topological polar surface area (TPSA) is 90.9 Å². The highest BCUT2D eigenvalue weighted by Crippen LogP contribution is 2.25. The van der Waals surface area contributed by atoms with Crippen LogP contribution in [0.1, 0.15) is 76.7 Å². The van der Waals surface area contributed by atoms with Crippen LogP contribution < -0.4 is 10.7 Å². The van der Waals surface area contributed by atoms with Gasteiger partial charge in [-0.3, -0.25) is 14.5 Å². The minimum Gasteiger partial charge on any atom is -0.335 e. The summed E-state index contributed by atoms with van der Waals surface area (Å²) in [6, 6.07) is 8.59. The van der Waals surface area contributed by atoms with Crippen LogP contribution in [0.15, 0.2) is 35.4 Å². The van der Waals surface area contributed by atoms with Crippen LogP contribution in [0.25, 0.3) is 0 Å². The minimum absolute atomic E-state index is 0.0789. The van der Waals surface area contributed by atoms with E-state index < -0.39 is 5.91 Å². The normalized spacial score (nSPS) is 18.5. The lowest BCUT2D eigenvalue weighted by Gasteiger charge is -2.34. The van der Waals surface area contributed by atoms with Gasteiger partial charge in [0, 0.05) is 24.6 Å². The zero-order chi connectivity index (χ0) is 21.3. The largest absolute Gasteiger partial charge is 0.335 e. The molecule has 2 aliphatic rings. The Hall–Kier alpha value is -2.70.